The van der Waals surface area contributed by atoms with Gasteiger partial charge < -0.3 is 15.2 Å². The van der Waals surface area contributed by atoms with Crippen LogP contribution in [-0.2, 0) is 9.53 Å². The zero-order valence-corrected chi connectivity index (χ0v) is 8.80. The Morgan fingerprint density at radius 3 is 2.88 bits per heavy atom. The number of nitrogens with two attached hydrogens (primary N) is 1. The van der Waals surface area contributed by atoms with E-state index in [0.717, 1.165) is 0 Å². The van der Waals surface area contributed by atoms with Gasteiger partial charge in [0.15, 0.2) is 6.61 Å². The number of hydrogen-bond acceptors (Lipinski definition) is 5. The number of amides is 1. The van der Waals surface area contributed by atoms with Crippen molar-refractivity contribution < 1.29 is 19.1 Å². The number of carbonyl (C=O) groups is 2. The molecule has 0 spiro atoms. The highest BCUT2D eigenvalue weighted by molar-refractivity contribution is 5.93. The van der Waals surface area contributed by atoms with Crippen LogP contribution in [0.4, 0.5) is 0 Å². The molecule has 0 aliphatic rings. The van der Waals surface area contributed by atoms with Crippen molar-refractivity contribution in [3.63, 3.8) is 0 Å². The van der Waals surface area contributed by atoms with Crippen molar-refractivity contribution in [3.8, 4) is 5.88 Å². The first-order chi connectivity index (χ1) is 7.65. The summed E-state index contributed by atoms with van der Waals surface area (Å²) in [6, 6.07) is 3.07. The van der Waals surface area contributed by atoms with Crippen LogP contribution in [0.25, 0.3) is 0 Å². The number of nitrogens with zero attached hydrogens (tertiary/aromatic N) is 1. The minimum absolute atomic E-state index is 0.172. The highest BCUT2D eigenvalue weighted by Crippen LogP contribution is 2.15. The molecule has 0 bridgehead atoms. The Morgan fingerprint density at radius 1 is 1.50 bits per heavy atom. The Morgan fingerprint density at radius 2 is 2.25 bits per heavy atom. The molecule has 0 aliphatic carbocycles. The number of hydrogen-bond donors (Lipinski definition) is 1. The van der Waals surface area contributed by atoms with Crippen LogP contribution in [0.3, 0.4) is 0 Å². The van der Waals surface area contributed by atoms with Crippen molar-refractivity contribution in [2.24, 2.45) is 5.73 Å². The molecule has 6 nitrogen and oxygen atoms in total. The molecule has 86 valence electrons. The standard InChI is InChI=1S/C10H12N2O4/c1-2-15-9-7(4-3-5-12-9)10(14)16-6-8(11)13/h3-5H,2,6H2,1H3,(H2,11,13). The number of rotatable bonds is 5. The number of aromatic nitrogens is 1. The fourth-order valence-corrected chi connectivity index (χ4v) is 1.01. The van der Waals surface area contributed by atoms with E-state index < -0.39 is 18.5 Å². The van der Waals surface area contributed by atoms with Crippen molar-refractivity contribution >= 4 is 11.9 Å². The average molecular weight is 224 g/mol. The molecule has 0 saturated carbocycles. The Labute approximate surface area is 92.4 Å². The summed E-state index contributed by atoms with van der Waals surface area (Å²) in [6.07, 6.45) is 1.50. The van der Waals surface area contributed by atoms with E-state index in [-0.39, 0.29) is 11.4 Å². The van der Waals surface area contributed by atoms with Gasteiger partial charge in [-0.15, -0.1) is 0 Å². The predicted octanol–water partition coefficient (Wildman–Crippen LogP) is 0.122. The van der Waals surface area contributed by atoms with Crippen LogP contribution in [-0.4, -0.2) is 30.1 Å². The van der Waals surface area contributed by atoms with Gasteiger partial charge in [0, 0.05) is 6.20 Å². The highest BCUT2D eigenvalue weighted by atomic mass is 16.5. The Hall–Kier alpha value is -2.11. The lowest BCUT2D eigenvalue weighted by atomic mass is 10.3. The number of primary amides is 1. The molecule has 0 radical (unpaired) electrons. The van der Waals surface area contributed by atoms with Crippen LogP contribution in [0.5, 0.6) is 5.88 Å². The van der Waals surface area contributed by atoms with Crippen LogP contribution in [0, 0.1) is 0 Å². The van der Waals surface area contributed by atoms with Crippen molar-refractivity contribution in [1.29, 1.82) is 0 Å². The van der Waals surface area contributed by atoms with Crippen molar-refractivity contribution in [1.82, 2.24) is 4.98 Å². The SMILES string of the molecule is CCOc1ncccc1C(=O)OCC(N)=O. The molecule has 0 saturated heterocycles. The van der Waals surface area contributed by atoms with Crippen LogP contribution >= 0.6 is 0 Å². The lowest BCUT2D eigenvalue weighted by molar-refractivity contribution is -0.121. The predicted molar refractivity (Wildman–Crippen MR) is 54.9 cm³/mol. The van der Waals surface area contributed by atoms with E-state index in [1.54, 1.807) is 13.0 Å². The van der Waals surface area contributed by atoms with Gasteiger partial charge in [-0.3, -0.25) is 4.79 Å². The first kappa shape index (κ1) is 12.0. The maximum Gasteiger partial charge on any atom is 0.344 e. The molecule has 1 amide bonds. The van der Waals surface area contributed by atoms with Crippen LogP contribution in [0.15, 0.2) is 18.3 Å². The third-order valence-corrected chi connectivity index (χ3v) is 1.62. The van der Waals surface area contributed by atoms with Crippen molar-refractivity contribution in [2.45, 2.75) is 6.92 Å². The molecule has 1 rings (SSSR count). The second-order valence-corrected chi connectivity index (χ2v) is 2.83. The summed E-state index contributed by atoms with van der Waals surface area (Å²) in [7, 11) is 0. The number of carbonyl (C=O) groups excluding carboxylic acids is 2. The summed E-state index contributed by atoms with van der Waals surface area (Å²) < 4.78 is 9.78. The molecule has 16 heavy (non-hydrogen) atoms. The minimum atomic E-state index is -0.713. The molecule has 0 atom stereocenters. The fourth-order valence-electron chi connectivity index (χ4n) is 1.01. The summed E-state index contributed by atoms with van der Waals surface area (Å²) in [5.41, 5.74) is 5.02. The highest BCUT2D eigenvalue weighted by Gasteiger charge is 2.15. The summed E-state index contributed by atoms with van der Waals surface area (Å²) in [5.74, 6) is -1.22. The molecule has 0 fully saturated rings. The maximum absolute atomic E-state index is 11.5. The second kappa shape index (κ2) is 5.69. The smallest absolute Gasteiger partial charge is 0.344 e. The molecule has 1 heterocycles. The topological polar surface area (TPSA) is 91.5 Å². The van der Waals surface area contributed by atoms with E-state index in [1.165, 1.54) is 12.3 Å². The van der Waals surface area contributed by atoms with E-state index >= 15 is 0 Å². The molecule has 0 unspecified atom stereocenters. The van der Waals surface area contributed by atoms with Gasteiger partial charge in [0.05, 0.1) is 6.61 Å². The molecular formula is C10H12N2O4. The lowest BCUT2D eigenvalue weighted by Crippen LogP contribution is -2.21. The second-order valence-electron chi connectivity index (χ2n) is 2.83. The molecule has 0 aliphatic heterocycles. The molecule has 1 aromatic heterocycles. The van der Waals surface area contributed by atoms with E-state index in [1.807, 2.05) is 0 Å². The third kappa shape index (κ3) is 3.23. The van der Waals surface area contributed by atoms with Gasteiger partial charge in [0.2, 0.25) is 5.88 Å². The summed E-state index contributed by atoms with van der Waals surface area (Å²) in [5, 5.41) is 0. The van der Waals surface area contributed by atoms with Crippen LogP contribution < -0.4 is 10.5 Å². The average Bonchev–Trinajstić information content (AvgIpc) is 2.27. The molecular weight excluding hydrogens is 212 g/mol. The van der Waals surface area contributed by atoms with E-state index in [2.05, 4.69) is 9.72 Å². The van der Waals surface area contributed by atoms with E-state index in [4.69, 9.17) is 10.5 Å². The molecule has 2 N–H and O–H groups in total. The van der Waals surface area contributed by atoms with Gasteiger partial charge in [0.25, 0.3) is 5.91 Å². The Kier molecular flexibility index (Phi) is 4.26. The molecule has 0 aromatic carbocycles. The van der Waals surface area contributed by atoms with Gasteiger partial charge in [-0.05, 0) is 19.1 Å². The largest absolute Gasteiger partial charge is 0.477 e. The zero-order valence-electron chi connectivity index (χ0n) is 8.80. The fraction of sp³-hybridized carbons (Fsp3) is 0.300. The zero-order chi connectivity index (χ0) is 12.0. The monoisotopic (exact) mass is 224 g/mol. The van der Waals surface area contributed by atoms with Gasteiger partial charge in [-0.2, -0.15) is 0 Å². The van der Waals surface area contributed by atoms with E-state index in [0.29, 0.717) is 6.61 Å². The summed E-state index contributed by atoms with van der Waals surface area (Å²) in [6.45, 7) is 1.69. The quantitative estimate of drug-likeness (QED) is 0.717. The normalized spacial score (nSPS) is 9.56. The first-order valence-electron chi connectivity index (χ1n) is 4.68. The Balaban J connectivity index is 2.77. The van der Waals surface area contributed by atoms with Gasteiger partial charge in [0.1, 0.15) is 5.56 Å². The Bertz CT molecular complexity index is 392. The lowest BCUT2D eigenvalue weighted by Gasteiger charge is -2.07. The van der Waals surface area contributed by atoms with Gasteiger partial charge in [-0.25, -0.2) is 9.78 Å². The van der Waals surface area contributed by atoms with E-state index in [9.17, 15) is 9.59 Å². The number of pyridine rings is 1. The summed E-state index contributed by atoms with van der Waals surface area (Å²) >= 11 is 0. The third-order valence-electron chi connectivity index (χ3n) is 1.62. The maximum atomic E-state index is 11.5. The molecule has 1 aromatic rings. The summed E-state index contributed by atoms with van der Waals surface area (Å²) in [4.78, 5) is 25.8. The van der Waals surface area contributed by atoms with Gasteiger partial charge >= 0.3 is 5.97 Å². The first-order valence-corrected chi connectivity index (χ1v) is 4.68. The van der Waals surface area contributed by atoms with Crippen LogP contribution in [0.2, 0.25) is 0 Å². The van der Waals surface area contributed by atoms with Crippen LogP contribution in [0.1, 0.15) is 17.3 Å². The minimum Gasteiger partial charge on any atom is -0.477 e. The van der Waals surface area contributed by atoms with Crippen molar-refractivity contribution in [2.75, 3.05) is 13.2 Å². The number of ether oxygens (including phenoxy) is 2. The number of esters is 1. The van der Waals surface area contributed by atoms with Crippen molar-refractivity contribution in [3.05, 3.63) is 23.9 Å². The molecule has 6 heteroatoms. The van der Waals surface area contributed by atoms with Gasteiger partial charge in [-0.1, -0.05) is 0 Å².